The van der Waals surface area contributed by atoms with Crippen LogP contribution in [0.25, 0.3) is 0 Å². The van der Waals surface area contributed by atoms with Gasteiger partial charge < -0.3 is 10.1 Å². The van der Waals surface area contributed by atoms with Crippen molar-refractivity contribution in [3.8, 4) is 5.75 Å². The molecule has 0 amide bonds. The van der Waals surface area contributed by atoms with Gasteiger partial charge in [0.2, 0.25) is 0 Å². The molecule has 0 bridgehead atoms. The standard InChI is InChI=1S/C15H16ClN3O3S/c1-22-14-6-5-12(8-13(14)16)23(20,21)19-11-4-7-15(17-9-11)18-10-2-3-10/h4-10,19H,2-3H2,1H3,(H,17,18). The molecule has 1 aromatic carbocycles. The second kappa shape index (κ2) is 6.25. The van der Waals surface area contributed by atoms with E-state index in [0.717, 1.165) is 18.7 Å². The summed E-state index contributed by atoms with van der Waals surface area (Å²) in [7, 11) is -2.27. The lowest BCUT2D eigenvalue weighted by Gasteiger charge is -2.10. The van der Waals surface area contributed by atoms with Crippen molar-refractivity contribution in [3.63, 3.8) is 0 Å². The molecular formula is C15H16ClN3O3S. The van der Waals surface area contributed by atoms with Gasteiger partial charge in [-0.3, -0.25) is 4.72 Å². The molecule has 0 radical (unpaired) electrons. The maximum atomic E-state index is 12.4. The molecule has 1 aromatic heterocycles. The normalized spacial score (nSPS) is 14.3. The Hall–Kier alpha value is -1.99. The van der Waals surface area contributed by atoms with Gasteiger partial charge in [0, 0.05) is 6.04 Å². The van der Waals surface area contributed by atoms with E-state index in [9.17, 15) is 8.42 Å². The highest BCUT2D eigenvalue weighted by Gasteiger charge is 2.21. The molecule has 0 unspecified atom stereocenters. The molecule has 1 aliphatic carbocycles. The monoisotopic (exact) mass is 353 g/mol. The predicted molar refractivity (Wildman–Crippen MR) is 89.7 cm³/mol. The molecule has 1 aliphatic rings. The third kappa shape index (κ3) is 3.86. The minimum atomic E-state index is -3.73. The number of nitrogens with one attached hydrogen (secondary N) is 2. The van der Waals surface area contributed by atoms with E-state index in [4.69, 9.17) is 16.3 Å². The smallest absolute Gasteiger partial charge is 0.261 e. The number of aromatic nitrogens is 1. The van der Waals surface area contributed by atoms with Crippen LogP contribution < -0.4 is 14.8 Å². The minimum Gasteiger partial charge on any atom is -0.495 e. The fraction of sp³-hybridized carbons (Fsp3) is 0.267. The fourth-order valence-electron chi connectivity index (χ4n) is 2.00. The van der Waals surface area contributed by atoms with Gasteiger partial charge in [0.1, 0.15) is 11.6 Å². The van der Waals surface area contributed by atoms with Crippen LogP contribution in [-0.4, -0.2) is 26.6 Å². The van der Waals surface area contributed by atoms with Crippen LogP contribution >= 0.6 is 11.6 Å². The highest BCUT2D eigenvalue weighted by molar-refractivity contribution is 7.92. The second-order valence-corrected chi connectivity index (χ2v) is 7.34. The van der Waals surface area contributed by atoms with Crippen molar-refractivity contribution in [1.82, 2.24) is 4.98 Å². The van der Waals surface area contributed by atoms with Gasteiger partial charge in [-0.25, -0.2) is 13.4 Å². The second-order valence-electron chi connectivity index (χ2n) is 5.25. The molecule has 2 aromatic rings. The predicted octanol–water partition coefficient (Wildman–Crippen LogP) is 3.12. The van der Waals surface area contributed by atoms with E-state index in [1.165, 1.54) is 31.5 Å². The molecular weight excluding hydrogens is 338 g/mol. The molecule has 0 aliphatic heterocycles. The van der Waals surface area contributed by atoms with Gasteiger partial charge in [-0.1, -0.05) is 11.6 Å². The highest BCUT2D eigenvalue weighted by Crippen LogP contribution is 2.28. The number of pyridine rings is 1. The van der Waals surface area contributed by atoms with E-state index in [-0.39, 0.29) is 9.92 Å². The zero-order valence-electron chi connectivity index (χ0n) is 12.4. The summed E-state index contributed by atoms with van der Waals surface area (Å²) < 4.78 is 32.2. The van der Waals surface area contributed by atoms with Gasteiger partial charge in [0.15, 0.2) is 0 Å². The van der Waals surface area contributed by atoms with Gasteiger partial charge >= 0.3 is 0 Å². The Bertz CT molecular complexity index is 805. The maximum absolute atomic E-state index is 12.4. The average Bonchev–Trinajstić information content (AvgIpc) is 3.33. The number of ether oxygens (including phenoxy) is 1. The molecule has 3 rings (SSSR count). The first-order valence-corrected chi connectivity index (χ1v) is 8.93. The van der Waals surface area contributed by atoms with Gasteiger partial charge in [-0.05, 0) is 43.2 Å². The molecule has 1 fully saturated rings. The van der Waals surface area contributed by atoms with Crippen LogP contribution in [-0.2, 0) is 10.0 Å². The highest BCUT2D eigenvalue weighted by atomic mass is 35.5. The molecule has 23 heavy (non-hydrogen) atoms. The van der Waals surface area contributed by atoms with E-state index < -0.39 is 10.0 Å². The van der Waals surface area contributed by atoms with E-state index in [1.54, 1.807) is 12.1 Å². The van der Waals surface area contributed by atoms with Crippen molar-refractivity contribution >= 4 is 33.1 Å². The molecule has 1 saturated carbocycles. The van der Waals surface area contributed by atoms with Crippen molar-refractivity contribution in [2.24, 2.45) is 0 Å². The van der Waals surface area contributed by atoms with Crippen LogP contribution in [0.5, 0.6) is 5.75 Å². The van der Waals surface area contributed by atoms with Gasteiger partial charge in [-0.2, -0.15) is 0 Å². The summed E-state index contributed by atoms with van der Waals surface area (Å²) in [6, 6.07) is 8.20. The van der Waals surface area contributed by atoms with Crippen molar-refractivity contribution in [2.45, 2.75) is 23.8 Å². The number of hydrogen-bond acceptors (Lipinski definition) is 5. The van der Waals surface area contributed by atoms with E-state index >= 15 is 0 Å². The summed E-state index contributed by atoms with van der Waals surface area (Å²) >= 11 is 5.98. The third-order valence-electron chi connectivity index (χ3n) is 3.38. The summed E-state index contributed by atoms with van der Waals surface area (Å²) in [6.45, 7) is 0. The Morgan fingerprint density at radius 3 is 2.61 bits per heavy atom. The third-order valence-corrected chi connectivity index (χ3v) is 5.05. The van der Waals surface area contributed by atoms with Crippen LogP contribution in [0.1, 0.15) is 12.8 Å². The largest absolute Gasteiger partial charge is 0.495 e. The van der Waals surface area contributed by atoms with Crippen LogP contribution in [0, 0.1) is 0 Å². The number of anilines is 2. The quantitative estimate of drug-likeness (QED) is 0.834. The van der Waals surface area contributed by atoms with Crippen molar-refractivity contribution in [1.29, 1.82) is 0 Å². The van der Waals surface area contributed by atoms with E-state index in [1.807, 2.05) is 0 Å². The number of sulfonamides is 1. The summed E-state index contributed by atoms with van der Waals surface area (Å²) in [5.41, 5.74) is 0.387. The Labute approximate surface area is 139 Å². The number of nitrogens with zero attached hydrogens (tertiary/aromatic N) is 1. The van der Waals surface area contributed by atoms with Crippen LogP contribution in [0.3, 0.4) is 0 Å². The minimum absolute atomic E-state index is 0.0588. The Morgan fingerprint density at radius 2 is 2.04 bits per heavy atom. The number of halogens is 1. The molecule has 0 spiro atoms. The Balaban J connectivity index is 1.75. The summed E-state index contributed by atoms with van der Waals surface area (Å²) in [4.78, 5) is 4.26. The number of hydrogen-bond donors (Lipinski definition) is 2. The summed E-state index contributed by atoms with van der Waals surface area (Å²) in [5.74, 6) is 1.16. The maximum Gasteiger partial charge on any atom is 0.261 e. The van der Waals surface area contributed by atoms with Crippen molar-refractivity contribution in [3.05, 3.63) is 41.6 Å². The van der Waals surface area contributed by atoms with Crippen LogP contribution in [0.4, 0.5) is 11.5 Å². The lowest BCUT2D eigenvalue weighted by Crippen LogP contribution is -2.13. The van der Waals surface area contributed by atoms with Crippen LogP contribution in [0.2, 0.25) is 5.02 Å². The molecule has 6 nitrogen and oxygen atoms in total. The molecule has 122 valence electrons. The van der Waals surface area contributed by atoms with E-state index in [0.29, 0.717) is 17.5 Å². The van der Waals surface area contributed by atoms with Gasteiger partial charge in [-0.15, -0.1) is 0 Å². The first-order chi connectivity index (χ1) is 11.0. The Kier molecular flexibility index (Phi) is 4.32. The molecule has 0 atom stereocenters. The SMILES string of the molecule is COc1ccc(S(=O)(=O)Nc2ccc(NC3CC3)nc2)cc1Cl. The fourth-order valence-corrected chi connectivity index (χ4v) is 3.40. The van der Waals surface area contributed by atoms with Crippen molar-refractivity contribution in [2.75, 3.05) is 17.1 Å². The molecule has 1 heterocycles. The molecule has 2 N–H and O–H groups in total. The number of benzene rings is 1. The zero-order valence-corrected chi connectivity index (χ0v) is 14.0. The molecule has 8 heteroatoms. The van der Waals surface area contributed by atoms with Crippen LogP contribution in [0.15, 0.2) is 41.4 Å². The van der Waals surface area contributed by atoms with Gasteiger partial charge in [0.25, 0.3) is 10.0 Å². The summed E-state index contributed by atoms with van der Waals surface area (Å²) in [6.07, 6.45) is 3.77. The first kappa shape index (κ1) is 15.9. The number of rotatable bonds is 6. The molecule has 0 saturated heterocycles. The van der Waals surface area contributed by atoms with Crippen molar-refractivity contribution < 1.29 is 13.2 Å². The lowest BCUT2D eigenvalue weighted by molar-refractivity contribution is 0.414. The lowest BCUT2D eigenvalue weighted by atomic mass is 10.3. The average molecular weight is 354 g/mol. The van der Waals surface area contributed by atoms with E-state index in [2.05, 4.69) is 15.0 Å². The Morgan fingerprint density at radius 1 is 1.26 bits per heavy atom. The zero-order chi connectivity index (χ0) is 16.4. The summed E-state index contributed by atoms with van der Waals surface area (Å²) in [5, 5.41) is 3.47. The number of methoxy groups -OCH3 is 1. The topological polar surface area (TPSA) is 80.3 Å². The van der Waals surface area contributed by atoms with Gasteiger partial charge in [0.05, 0.1) is 28.9 Å². The first-order valence-electron chi connectivity index (χ1n) is 7.07.